The van der Waals surface area contributed by atoms with Crippen LogP contribution in [0.5, 0.6) is 5.75 Å². The molecule has 20 heavy (non-hydrogen) atoms. The van der Waals surface area contributed by atoms with Crippen molar-refractivity contribution in [1.29, 1.82) is 0 Å². The van der Waals surface area contributed by atoms with Crippen molar-refractivity contribution in [2.45, 2.75) is 23.8 Å². The molecular weight excluding hydrogens is 286 g/mol. The molecule has 0 aromatic heterocycles. The van der Waals surface area contributed by atoms with Crippen molar-refractivity contribution >= 4 is 27.5 Å². The third-order valence-corrected chi connectivity index (χ3v) is 4.32. The number of piperidine rings is 1. The lowest BCUT2D eigenvalue weighted by Crippen LogP contribution is -2.52. The molecule has 0 aliphatic carbocycles. The predicted molar refractivity (Wildman–Crippen MR) is 69.0 cm³/mol. The molecule has 2 amide bonds. The molecule has 1 aliphatic rings. The number of hydrogen-bond acceptors (Lipinski definition) is 6. The maximum Gasteiger partial charge on any atom is 0.244 e. The summed E-state index contributed by atoms with van der Waals surface area (Å²) < 4.78 is 26.4. The topological polar surface area (TPSA) is 139 Å². The molecule has 5 N–H and O–H groups in total. The average molecular weight is 299 g/mol. The number of carbonyl (C=O) groups is 2. The first-order valence-electron chi connectivity index (χ1n) is 5.74. The number of phenols is 1. The van der Waals surface area contributed by atoms with E-state index in [4.69, 9.17) is 5.73 Å². The van der Waals surface area contributed by atoms with Crippen LogP contribution in [-0.2, 0) is 19.6 Å². The maximum absolute atomic E-state index is 12.1. The number of nitrogens with one attached hydrogen (secondary N) is 2. The summed E-state index contributed by atoms with van der Waals surface area (Å²) in [7, 11) is -3.96. The smallest absolute Gasteiger partial charge is 0.244 e. The Kier molecular flexibility index (Phi) is 3.64. The molecule has 1 atom stereocenters. The lowest BCUT2D eigenvalue weighted by molar-refractivity contribution is -0.134. The van der Waals surface area contributed by atoms with Crippen LogP contribution in [0.25, 0.3) is 0 Å². The first kappa shape index (κ1) is 14.3. The van der Waals surface area contributed by atoms with E-state index in [1.165, 1.54) is 6.07 Å². The Morgan fingerprint density at radius 2 is 2.05 bits per heavy atom. The minimum Gasteiger partial charge on any atom is -0.506 e. The van der Waals surface area contributed by atoms with Crippen LogP contribution < -0.4 is 15.8 Å². The third-order valence-electron chi connectivity index (χ3n) is 2.85. The number of amides is 2. The van der Waals surface area contributed by atoms with Crippen molar-refractivity contribution in [2.24, 2.45) is 0 Å². The van der Waals surface area contributed by atoms with Crippen molar-refractivity contribution < 1.29 is 23.1 Å². The molecule has 0 bridgehead atoms. The third kappa shape index (κ3) is 2.89. The zero-order chi connectivity index (χ0) is 14.9. The Hall–Kier alpha value is -2.13. The summed E-state index contributed by atoms with van der Waals surface area (Å²) >= 11 is 0. The number of anilines is 1. The number of phenolic OH excluding ortho intramolecular Hbond substituents is 1. The number of nitrogens with two attached hydrogens (primary N) is 1. The van der Waals surface area contributed by atoms with E-state index in [1.807, 2.05) is 0 Å². The van der Waals surface area contributed by atoms with Crippen LogP contribution in [0.2, 0.25) is 0 Å². The average Bonchev–Trinajstić information content (AvgIpc) is 2.36. The van der Waals surface area contributed by atoms with Gasteiger partial charge in [-0.25, -0.2) is 8.42 Å². The minimum absolute atomic E-state index is 0.0661. The van der Waals surface area contributed by atoms with Crippen LogP contribution in [-0.4, -0.2) is 31.4 Å². The minimum atomic E-state index is -3.96. The largest absolute Gasteiger partial charge is 0.506 e. The lowest BCUT2D eigenvalue weighted by atomic mass is 10.1. The monoisotopic (exact) mass is 299 g/mol. The van der Waals surface area contributed by atoms with Gasteiger partial charge < -0.3 is 10.8 Å². The molecule has 1 aromatic rings. The molecule has 1 fully saturated rings. The summed E-state index contributed by atoms with van der Waals surface area (Å²) in [5.41, 5.74) is 5.34. The van der Waals surface area contributed by atoms with Gasteiger partial charge >= 0.3 is 0 Å². The summed E-state index contributed by atoms with van der Waals surface area (Å²) in [6.45, 7) is 0. The number of aromatic hydroxyl groups is 1. The molecule has 2 rings (SSSR count). The van der Waals surface area contributed by atoms with Gasteiger partial charge in [0.2, 0.25) is 21.8 Å². The van der Waals surface area contributed by atoms with Crippen LogP contribution in [0.15, 0.2) is 23.1 Å². The van der Waals surface area contributed by atoms with Gasteiger partial charge in [0, 0.05) is 6.42 Å². The molecule has 1 unspecified atom stereocenters. The molecule has 1 heterocycles. The highest BCUT2D eigenvalue weighted by molar-refractivity contribution is 7.89. The van der Waals surface area contributed by atoms with Gasteiger partial charge in [-0.3, -0.25) is 14.9 Å². The predicted octanol–water partition coefficient (Wildman–Crippen LogP) is -0.942. The number of carbonyl (C=O) groups excluding carboxylic acids is 2. The van der Waals surface area contributed by atoms with Crippen LogP contribution in [0, 0.1) is 0 Å². The normalized spacial score (nSPS) is 19.7. The van der Waals surface area contributed by atoms with Gasteiger partial charge in [-0.2, -0.15) is 4.72 Å². The van der Waals surface area contributed by atoms with E-state index in [2.05, 4.69) is 10.0 Å². The van der Waals surface area contributed by atoms with E-state index in [0.717, 1.165) is 12.1 Å². The number of hydrogen-bond donors (Lipinski definition) is 4. The second-order valence-electron chi connectivity index (χ2n) is 4.35. The molecule has 8 nitrogen and oxygen atoms in total. The van der Waals surface area contributed by atoms with Crippen LogP contribution in [0.3, 0.4) is 0 Å². The zero-order valence-electron chi connectivity index (χ0n) is 10.3. The first-order valence-corrected chi connectivity index (χ1v) is 7.22. The summed E-state index contributed by atoms with van der Waals surface area (Å²) in [5, 5.41) is 11.3. The van der Waals surface area contributed by atoms with Gasteiger partial charge in [0.1, 0.15) is 11.8 Å². The number of rotatable bonds is 3. The highest BCUT2D eigenvalue weighted by Gasteiger charge is 2.30. The van der Waals surface area contributed by atoms with Crippen molar-refractivity contribution in [3.63, 3.8) is 0 Å². The first-order chi connectivity index (χ1) is 9.29. The van der Waals surface area contributed by atoms with Gasteiger partial charge in [-0.15, -0.1) is 0 Å². The van der Waals surface area contributed by atoms with Crippen LogP contribution in [0.4, 0.5) is 5.69 Å². The Morgan fingerprint density at radius 3 is 2.65 bits per heavy atom. The van der Waals surface area contributed by atoms with Crippen molar-refractivity contribution in [3.05, 3.63) is 18.2 Å². The van der Waals surface area contributed by atoms with Gasteiger partial charge in [-0.1, -0.05) is 0 Å². The Morgan fingerprint density at radius 1 is 1.35 bits per heavy atom. The van der Waals surface area contributed by atoms with Gasteiger partial charge in [0.15, 0.2) is 0 Å². The van der Waals surface area contributed by atoms with E-state index < -0.39 is 27.9 Å². The van der Waals surface area contributed by atoms with Gasteiger partial charge in [-0.05, 0) is 24.6 Å². The Labute approximate surface area is 115 Å². The molecule has 0 saturated carbocycles. The Bertz CT molecular complexity index is 671. The summed E-state index contributed by atoms with van der Waals surface area (Å²) in [6, 6.07) is 2.39. The second kappa shape index (κ2) is 5.10. The number of imide groups is 1. The zero-order valence-corrected chi connectivity index (χ0v) is 11.1. The summed E-state index contributed by atoms with van der Waals surface area (Å²) in [4.78, 5) is 22.3. The molecule has 1 aliphatic heterocycles. The van der Waals surface area contributed by atoms with E-state index in [1.54, 1.807) is 0 Å². The molecule has 0 radical (unpaired) electrons. The van der Waals surface area contributed by atoms with Crippen LogP contribution >= 0.6 is 0 Å². The lowest BCUT2D eigenvalue weighted by Gasteiger charge is -2.21. The molecular formula is C11H13N3O5S. The van der Waals surface area contributed by atoms with Crippen molar-refractivity contribution in [3.8, 4) is 5.75 Å². The fraction of sp³-hybridized carbons (Fsp3) is 0.273. The quantitative estimate of drug-likeness (QED) is 0.323. The summed E-state index contributed by atoms with van der Waals surface area (Å²) in [5.74, 6) is -1.35. The SMILES string of the molecule is Nc1cc(S(=O)(=O)NC2CCC(=O)NC2=O)ccc1O. The van der Waals surface area contributed by atoms with Crippen molar-refractivity contribution in [2.75, 3.05) is 5.73 Å². The molecule has 108 valence electrons. The van der Waals surface area contributed by atoms with E-state index >= 15 is 0 Å². The van der Waals surface area contributed by atoms with E-state index in [0.29, 0.717) is 0 Å². The van der Waals surface area contributed by atoms with Gasteiger partial charge in [0.05, 0.1) is 10.6 Å². The standard InChI is InChI=1S/C11H13N3O5S/c12-7-5-6(1-3-9(7)15)20(18,19)14-8-2-4-10(16)13-11(8)17/h1,3,5,8,14-15H,2,4,12H2,(H,13,16,17). The number of nitrogen functional groups attached to an aromatic ring is 1. The maximum atomic E-state index is 12.1. The van der Waals surface area contributed by atoms with Gasteiger partial charge in [0.25, 0.3) is 0 Å². The highest BCUT2D eigenvalue weighted by atomic mass is 32.2. The van der Waals surface area contributed by atoms with E-state index in [-0.39, 0.29) is 29.2 Å². The fourth-order valence-electron chi connectivity index (χ4n) is 1.76. The molecule has 9 heteroatoms. The number of benzene rings is 1. The number of sulfonamides is 1. The Balaban J connectivity index is 2.21. The highest BCUT2D eigenvalue weighted by Crippen LogP contribution is 2.23. The van der Waals surface area contributed by atoms with E-state index in [9.17, 15) is 23.1 Å². The fourth-order valence-corrected chi connectivity index (χ4v) is 3.03. The summed E-state index contributed by atoms with van der Waals surface area (Å²) in [6.07, 6.45) is 0.161. The molecule has 0 spiro atoms. The molecule has 1 aromatic carbocycles. The van der Waals surface area contributed by atoms with Crippen molar-refractivity contribution in [1.82, 2.24) is 10.0 Å². The molecule has 1 saturated heterocycles. The van der Waals surface area contributed by atoms with Crippen LogP contribution in [0.1, 0.15) is 12.8 Å². The second-order valence-corrected chi connectivity index (χ2v) is 6.06.